The van der Waals surface area contributed by atoms with Crippen molar-refractivity contribution in [1.29, 1.82) is 10.5 Å². The highest BCUT2D eigenvalue weighted by Crippen LogP contribution is 2.47. The van der Waals surface area contributed by atoms with E-state index in [0.717, 1.165) is 133 Å². The van der Waals surface area contributed by atoms with Gasteiger partial charge in [0, 0.05) is 92.9 Å². The predicted molar refractivity (Wildman–Crippen MR) is 387 cm³/mol. The number of nitriles is 2. The Morgan fingerprint density at radius 2 is 0.436 bits per heavy atom. The monoisotopic (exact) mass is 1190 g/mol. The van der Waals surface area contributed by atoms with Gasteiger partial charge in [0.1, 0.15) is 0 Å². The van der Waals surface area contributed by atoms with Gasteiger partial charge in [0.05, 0.1) is 101 Å². The van der Waals surface area contributed by atoms with Gasteiger partial charge in [-0.05, 0) is 127 Å². The Labute approximate surface area is 537 Å². The summed E-state index contributed by atoms with van der Waals surface area (Å²) in [5, 5.41) is 36.4. The summed E-state index contributed by atoms with van der Waals surface area (Å²) in [5.74, 6) is 0. The zero-order valence-electron chi connectivity index (χ0n) is 50.4. The van der Waals surface area contributed by atoms with Crippen LogP contribution in [-0.4, -0.2) is 27.4 Å². The summed E-state index contributed by atoms with van der Waals surface area (Å²) in [4.78, 5) is 0. The smallest absolute Gasteiger partial charge is 0.0993 e. The highest BCUT2D eigenvalue weighted by atomic mass is 15.1. The van der Waals surface area contributed by atoms with Crippen LogP contribution in [0.1, 0.15) is 11.1 Å². The van der Waals surface area contributed by atoms with Gasteiger partial charge in [-0.15, -0.1) is 0 Å². The average Bonchev–Trinajstić information content (AvgIpc) is 1.53. The number of rotatable bonds is 7. The molecule has 14 aromatic carbocycles. The third-order valence-electron chi connectivity index (χ3n) is 19.8. The van der Waals surface area contributed by atoms with Crippen LogP contribution in [0.15, 0.2) is 303 Å². The van der Waals surface area contributed by atoms with Gasteiger partial charge in [-0.2, -0.15) is 10.5 Å². The lowest BCUT2D eigenvalue weighted by Crippen LogP contribution is -2.06. The van der Waals surface area contributed by atoms with Gasteiger partial charge in [0.25, 0.3) is 0 Å². The van der Waals surface area contributed by atoms with Gasteiger partial charge < -0.3 is 27.4 Å². The predicted octanol–water partition coefficient (Wildman–Crippen LogP) is 21.7. The molecule has 0 radical (unpaired) electrons. The molecular weight excluding hydrogens is 1150 g/mol. The van der Waals surface area contributed by atoms with E-state index in [0.29, 0.717) is 11.1 Å². The highest BCUT2D eigenvalue weighted by molar-refractivity contribution is 6.17. The van der Waals surface area contributed by atoms with E-state index in [1.54, 1.807) is 0 Å². The van der Waals surface area contributed by atoms with Gasteiger partial charge in [-0.3, -0.25) is 0 Å². The largest absolute Gasteiger partial charge is 0.309 e. The lowest BCUT2D eigenvalue weighted by molar-refractivity contribution is 1.11. The van der Waals surface area contributed by atoms with E-state index >= 15 is 0 Å². The molecule has 6 heterocycles. The molecule has 0 fully saturated rings. The highest BCUT2D eigenvalue weighted by Gasteiger charge is 2.27. The van der Waals surface area contributed by atoms with E-state index < -0.39 is 0 Å². The molecule has 0 saturated heterocycles. The van der Waals surface area contributed by atoms with E-state index in [9.17, 15) is 10.5 Å². The van der Waals surface area contributed by atoms with Gasteiger partial charge in [0.2, 0.25) is 0 Å². The zero-order valence-corrected chi connectivity index (χ0v) is 50.4. The molecule has 94 heavy (non-hydrogen) atoms. The molecule has 20 aromatic rings. The summed E-state index contributed by atoms with van der Waals surface area (Å²) in [6.45, 7) is 0. The lowest BCUT2D eigenvalue weighted by Gasteiger charge is -2.22. The van der Waals surface area contributed by atoms with Crippen LogP contribution >= 0.6 is 0 Å². The summed E-state index contributed by atoms with van der Waals surface area (Å²) in [6.07, 6.45) is 0. The van der Waals surface area contributed by atoms with Crippen molar-refractivity contribution < 1.29 is 0 Å². The van der Waals surface area contributed by atoms with Crippen molar-refractivity contribution in [3.63, 3.8) is 0 Å². The van der Waals surface area contributed by atoms with Crippen molar-refractivity contribution in [3.05, 3.63) is 314 Å². The Balaban J connectivity index is 0.952. The standard InChI is InChI=1S/C86H50N8/c87-51-53-18-17-19-55(44-53)86-84(93-80-47-56(89-72-28-9-1-20-60(72)61-21-2-10-29-73(61)89)36-40-68(80)69-41-37-57(48-81(69)93)90-74-30-11-3-22-62(74)63-23-4-12-31-75(63)90)45-54(52-88)46-85(86)94-82-49-58(91-76-32-13-5-24-64(76)65-25-6-14-33-77(65)91)38-42-70(82)71-43-39-59(50-83(71)94)92-78-34-15-7-26-66(78)67-27-8-16-35-79(67)92/h1-50H. The molecule has 0 saturated carbocycles. The SMILES string of the molecule is N#Cc1cccc(-c2c(-n3c4cc(-n5c6ccccc6c6ccccc65)ccc4c4ccc(-n5c6ccccc6c6ccccc65)cc43)cc(C#N)cc2-n2c3cc(-n4c5ccccc5c5ccccc54)ccc3c3ccc(-n4c5ccccc5c5ccccc54)cc32)c1. The molecular formula is C86H50N8. The molecule has 0 atom stereocenters. The third-order valence-corrected chi connectivity index (χ3v) is 19.8. The first-order chi connectivity index (χ1) is 46.6. The maximum atomic E-state index is 11.8. The number of hydrogen-bond acceptors (Lipinski definition) is 2. The number of hydrogen-bond donors (Lipinski definition) is 0. The fourth-order valence-corrected chi connectivity index (χ4v) is 15.9. The summed E-state index contributed by atoms with van der Waals surface area (Å²) >= 11 is 0. The molecule has 0 bridgehead atoms. The minimum atomic E-state index is 0.476. The first-order valence-electron chi connectivity index (χ1n) is 31.8. The third kappa shape index (κ3) is 7.25. The first-order valence-corrected chi connectivity index (χ1v) is 31.8. The van der Waals surface area contributed by atoms with Crippen LogP contribution < -0.4 is 0 Å². The summed E-state index contributed by atoms with van der Waals surface area (Å²) < 4.78 is 14.3. The molecule has 0 aliphatic heterocycles. The number of benzene rings is 14. The summed E-state index contributed by atoms with van der Waals surface area (Å²) in [6, 6.07) is 114. The van der Waals surface area contributed by atoms with Crippen LogP contribution in [0.5, 0.6) is 0 Å². The van der Waals surface area contributed by atoms with Crippen LogP contribution in [0.3, 0.4) is 0 Å². The molecule has 8 nitrogen and oxygen atoms in total. The Kier molecular flexibility index (Phi) is 10.8. The van der Waals surface area contributed by atoms with E-state index in [2.05, 4.69) is 325 Å². The topological polar surface area (TPSA) is 77.2 Å². The van der Waals surface area contributed by atoms with Crippen molar-refractivity contribution in [1.82, 2.24) is 27.4 Å². The van der Waals surface area contributed by atoms with Crippen LogP contribution in [0.4, 0.5) is 0 Å². The quantitative estimate of drug-likeness (QED) is 0.159. The molecule has 434 valence electrons. The first kappa shape index (κ1) is 51.7. The van der Waals surface area contributed by atoms with Crippen LogP contribution in [-0.2, 0) is 0 Å². The maximum absolute atomic E-state index is 11.8. The summed E-state index contributed by atoms with van der Waals surface area (Å²) in [5.41, 5.74) is 20.9. The van der Waals surface area contributed by atoms with Crippen LogP contribution in [0.25, 0.3) is 176 Å². The maximum Gasteiger partial charge on any atom is 0.0993 e. The fraction of sp³-hybridized carbons (Fsp3) is 0. The van der Waals surface area contributed by atoms with E-state index in [4.69, 9.17) is 0 Å². The van der Waals surface area contributed by atoms with E-state index in [-0.39, 0.29) is 0 Å². The lowest BCUT2D eigenvalue weighted by atomic mass is 9.96. The number of para-hydroxylation sites is 8. The number of aromatic nitrogens is 6. The van der Waals surface area contributed by atoms with Crippen molar-refractivity contribution in [2.75, 3.05) is 0 Å². The summed E-state index contributed by atoms with van der Waals surface area (Å²) in [7, 11) is 0. The Morgan fingerprint density at radius 3 is 0.691 bits per heavy atom. The molecule has 6 aromatic heterocycles. The molecule has 0 unspecified atom stereocenters. The fourth-order valence-electron chi connectivity index (χ4n) is 15.9. The second-order valence-electron chi connectivity index (χ2n) is 24.6. The Hall–Kier alpha value is -13.1. The zero-order chi connectivity index (χ0) is 61.9. The molecule has 0 spiro atoms. The Morgan fingerprint density at radius 1 is 0.191 bits per heavy atom. The van der Waals surface area contributed by atoms with Crippen molar-refractivity contribution >= 4 is 131 Å². The molecule has 0 aliphatic rings. The second-order valence-corrected chi connectivity index (χ2v) is 24.6. The molecule has 0 N–H and O–H groups in total. The number of fused-ring (bicyclic) bond motifs is 18. The van der Waals surface area contributed by atoms with Crippen LogP contribution in [0.2, 0.25) is 0 Å². The minimum Gasteiger partial charge on any atom is -0.309 e. The molecule has 8 heteroatoms. The van der Waals surface area contributed by atoms with Crippen molar-refractivity contribution in [3.8, 4) is 57.4 Å². The van der Waals surface area contributed by atoms with Gasteiger partial charge in [-0.1, -0.05) is 182 Å². The Bertz CT molecular complexity index is 5850. The van der Waals surface area contributed by atoms with Crippen molar-refractivity contribution in [2.24, 2.45) is 0 Å². The van der Waals surface area contributed by atoms with Crippen molar-refractivity contribution in [2.45, 2.75) is 0 Å². The normalized spacial score (nSPS) is 12.0. The van der Waals surface area contributed by atoms with E-state index in [1.807, 2.05) is 18.2 Å². The van der Waals surface area contributed by atoms with Crippen LogP contribution in [0, 0.1) is 22.7 Å². The second kappa shape index (κ2) is 19.7. The average molecular weight is 1200 g/mol. The van der Waals surface area contributed by atoms with Gasteiger partial charge in [0.15, 0.2) is 0 Å². The minimum absolute atomic E-state index is 0.476. The van der Waals surface area contributed by atoms with E-state index in [1.165, 1.54) is 43.1 Å². The molecule has 0 amide bonds. The van der Waals surface area contributed by atoms with Gasteiger partial charge >= 0.3 is 0 Å². The number of nitrogens with zero attached hydrogens (tertiary/aromatic N) is 8. The molecule has 0 aliphatic carbocycles. The van der Waals surface area contributed by atoms with Gasteiger partial charge in [-0.25, -0.2) is 0 Å². The molecule has 20 rings (SSSR count).